The van der Waals surface area contributed by atoms with E-state index in [1.807, 2.05) is 56.3 Å². The Hall–Kier alpha value is -4.26. The van der Waals surface area contributed by atoms with Crippen LogP contribution in [-0.4, -0.2) is 25.5 Å². The summed E-state index contributed by atoms with van der Waals surface area (Å²) in [7, 11) is 1.77. The van der Waals surface area contributed by atoms with Crippen molar-refractivity contribution in [1.29, 1.82) is 0 Å². The monoisotopic (exact) mass is 423 g/mol. The van der Waals surface area contributed by atoms with Gasteiger partial charge in [-0.25, -0.2) is 9.78 Å². The van der Waals surface area contributed by atoms with E-state index in [0.29, 0.717) is 12.2 Å². The summed E-state index contributed by atoms with van der Waals surface area (Å²) in [6.07, 6.45) is 4.06. The molecule has 0 saturated carbocycles. The molecule has 1 N–H and O–H groups in total. The maximum absolute atomic E-state index is 13.3. The molecule has 32 heavy (non-hydrogen) atoms. The lowest BCUT2D eigenvalue weighted by atomic mass is 10.0. The zero-order valence-corrected chi connectivity index (χ0v) is 18.0. The Morgan fingerprint density at radius 3 is 2.53 bits per heavy atom. The maximum Gasteiger partial charge on any atom is 0.333 e. The van der Waals surface area contributed by atoms with Gasteiger partial charge < -0.3 is 5.32 Å². The molecule has 0 saturated heterocycles. The molecule has 5 rings (SSSR count). The Kier molecular flexibility index (Phi) is 4.59. The van der Waals surface area contributed by atoms with Gasteiger partial charge in [0.2, 0.25) is 6.41 Å². The third-order valence-electron chi connectivity index (χ3n) is 6.00. The molecule has 3 aromatic heterocycles. The summed E-state index contributed by atoms with van der Waals surface area (Å²) in [6, 6.07) is 15.6. The fourth-order valence-electron chi connectivity index (χ4n) is 4.09. The van der Waals surface area contributed by atoms with Crippen molar-refractivity contribution in [3.8, 4) is 16.8 Å². The van der Waals surface area contributed by atoms with Gasteiger partial charge in [0.25, 0.3) is 0 Å². The fourth-order valence-corrected chi connectivity index (χ4v) is 4.09. The van der Waals surface area contributed by atoms with E-state index in [2.05, 4.69) is 15.3 Å². The molecule has 7 nitrogen and oxygen atoms in total. The summed E-state index contributed by atoms with van der Waals surface area (Å²) in [5, 5.41) is 3.42. The zero-order chi connectivity index (χ0) is 22.4. The number of aromatic nitrogens is 4. The van der Waals surface area contributed by atoms with Crippen molar-refractivity contribution < 1.29 is 4.79 Å². The van der Waals surface area contributed by atoms with E-state index in [9.17, 15) is 9.59 Å². The van der Waals surface area contributed by atoms with E-state index >= 15 is 0 Å². The van der Waals surface area contributed by atoms with E-state index in [1.165, 1.54) is 0 Å². The van der Waals surface area contributed by atoms with Crippen LogP contribution in [0.3, 0.4) is 0 Å². The van der Waals surface area contributed by atoms with Crippen molar-refractivity contribution in [3.05, 3.63) is 82.5 Å². The number of hydrogen-bond acceptors (Lipinski definition) is 4. The van der Waals surface area contributed by atoms with Gasteiger partial charge in [-0.3, -0.25) is 18.9 Å². The van der Waals surface area contributed by atoms with Gasteiger partial charge in [0.05, 0.1) is 28.4 Å². The standard InChI is InChI=1S/C25H21N5O2/c1-15-5-4-6-21(16(15)2)30-24-19-11-17(18-8-10-23(27-12-18)28-14-31)7-9-20(19)26-13-22(24)29(3)25(30)32/h4-14H,1-3H3,(H,27,28,31). The largest absolute Gasteiger partial charge is 0.333 e. The molecule has 0 unspecified atom stereocenters. The highest BCUT2D eigenvalue weighted by atomic mass is 16.1. The van der Waals surface area contributed by atoms with Gasteiger partial charge >= 0.3 is 5.69 Å². The number of amides is 1. The van der Waals surface area contributed by atoms with E-state index in [-0.39, 0.29) is 5.69 Å². The third kappa shape index (κ3) is 2.98. The second-order valence-electron chi connectivity index (χ2n) is 7.81. The summed E-state index contributed by atoms with van der Waals surface area (Å²) < 4.78 is 3.42. The molecule has 7 heteroatoms. The molecule has 3 heterocycles. The zero-order valence-electron chi connectivity index (χ0n) is 18.0. The summed E-state index contributed by atoms with van der Waals surface area (Å²) in [4.78, 5) is 32.8. The number of aryl methyl sites for hydroxylation is 2. The number of carbonyl (C=O) groups is 1. The van der Waals surface area contributed by atoms with Crippen molar-refractivity contribution in [1.82, 2.24) is 19.1 Å². The highest BCUT2D eigenvalue weighted by molar-refractivity contribution is 6.04. The number of pyridine rings is 2. The molecule has 158 valence electrons. The molecule has 0 aliphatic rings. The van der Waals surface area contributed by atoms with Crippen molar-refractivity contribution in [2.75, 3.05) is 5.32 Å². The summed E-state index contributed by atoms with van der Waals surface area (Å²) in [5.74, 6) is 0.486. The van der Waals surface area contributed by atoms with Gasteiger partial charge in [-0.2, -0.15) is 0 Å². The molecule has 2 aromatic carbocycles. The van der Waals surface area contributed by atoms with Crippen LogP contribution in [0.4, 0.5) is 5.82 Å². The molecular formula is C25H21N5O2. The third-order valence-corrected chi connectivity index (χ3v) is 6.00. The number of carbonyl (C=O) groups excluding carboxylic acids is 1. The predicted molar refractivity (Wildman–Crippen MR) is 126 cm³/mol. The maximum atomic E-state index is 13.3. The first-order valence-electron chi connectivity index (χ1n) is 10.2. The number of fused-ring (bicyclic) bond motifs is 3. The first-order valence-corrected chi connectivity index (χ1v) is 10.2. The van der Waals surface area contributed by atoms with E-state index in [4.69, 9.17) is 0 Å². The molecule has 0 spiro atoms. The van der Waals surface area contributed by atoms with Crippen LogP contribution in [0, 0.1) is 13.8 Å². The van der Waals surface area contributed by atoms with Crippen LogP contribution in [0.25, 0.3) is 38.8 Å². The van der Waals surface area contributed by atoms with Crippen LogP contribution < -0.4 is 11.0 Å². The van der Waals surface area contributed by atoms with Gasteiger partial charge in [-0.15, -0.1) is 0 Å². The van der Waals surface area contributed by atoms with Crippen molar-refractivity contribution in [2.45, 2.75) is 13.8 Å². The molecular weight excluding hydrogens is 402 g/mol. The number of nitrogens with zero attached hydrogens (tertiary/aromatic N) is 4. The van der Waals surface area contributed by atoms with Gasteiger partial charge in [0.1, 0.15) is 5.82 Å². The second kappa shape index (κ2) is 7.46. The summed E-state index contributed by atoms with van der Waals surface area (Å²) in [5.41, 5.74) is 7.18. The smallest absolute Gasteiger partial charge is 0.313 e. The molecule has 1 amide bonds. The summed E-state index contributed by atoms with van der Waals surface area (Å²) in [6.45, 7) is 4.08. The van der Waals surface area contributed by atoms with Gasteiger partial charge in [0.15, 0.2) is 0 Å². The van der Waals surface area contributed by atoms with Crippen LogP contribution >= 0.6 is 0 Å². The van der Waals surface area contributed by atoms with Crippen molar-refractivity contribution in [2.24, 2.45) is 7.05 Å². The minimum atomic E-state index is -0.112. The van der Waals surface area contributed by atoms with E-state index in [1.54, 1.807) is 34.6 Å². The van der Waals surface area contributed by atoms with Crippen LogP contribution in [0.5, 0.6) is 0 Å². The average molecular weight is 423 g/mol. The van der Waals surface area contributed by atoms with Crippen LogP contribution in [0.2, 0.25) is 0 Å². The lowest BCUT2D eigenvalue weighted by Gasteiger charge is -2.11. The van der Waals surface area contributed by atoms with Crippen LogP contribution in [-0.2, 0) is 11.8 Å². The van der Waals surface area contributed by atoms with E-state index < -0.39 is 0 Å². The Balaban J connectivity index is 1.81. The Morgan fingerprint density at radius 1 is 0.969 bits per heavy atom. The quantitative estimate of drug-likeness (QED) is 0.441. The van der Waals surface area contributed by atoms with Gasteiger partial charge in [0, 0.05) is 24.2 Å². The topological polar surface area (TPSA) is 81.8 Å². The van der Waals surface area contributed by atoms with Crippen LogP contribution in [0.15, 0.2) is 65.7 Å². The first kappa shape index (κ1) is 19.7. The van der Waals surface area contributed by atoms with Gasteiger partial charge in [-0.05, 0) is 60.9 Å². The fraction of sp³-hybridized carbons (Fsp3) is 0.120. The number of benzene rings is 2. The molecule has 0 bridgehead atoms. The number of nitrogens with one attached hydrogen (secondary N) is 1. The number of anilines is 1. The second-order valence-corrected chi connectivity index (χ2v) is 7.81. The lowest BCUT2D eigenvalue weighted by Crippen LogP contribution is -2.21. The Bertz CT molecular complexity index is 1560. The molecule has 5 aromatic rings. The van der Waals surface area contributed by atoms with Gasteiger partial charge in [-0.1, -0.05) is 18.2 Å². The number of imidazole rings is 1. The molecule has 0 aliphatic carbocycles. The van der Waals surface area contributed by atoms with E-state index in [0.717, 1.165) is 49.9 Å². The highest BCUT2D eigenvalue weighted by Crippen LogP contribution is 2.30. The number of hydrogen-bond donors (Lipinski definition) is 1. The van der Waals surface area contributed by atoms with Crippen molar-refractivity contribution in [3.63, 3.8) is 0 Å². The van der Waals surface area contributed by atoms with Crippen LogP contribution in [0.1, 0.15) is 11.1 Å². The lowest BCUT2D eigenvalue weighted by molar-refractivity contribution is -0.105. The normalized spacial score (nSPS) is 11.2. The minimum absolute atomic E-state index is 0.112. The Morgan fingerprint density at radius 2 is 1.78 bits per heavy atom. The molecule has 0 radical (unpaired) electrons. The first-order chi connectivity index (χ1) is 15.5. The molecule has 0 aliphatic heterocycles. The van der Waals surface area contributed by atoms with Crippen molar-refractivity contribution >= 4 is 34.2 Å². The highest BCUT2D eigenvalue weighted by Gasteiger charge is 2.18. The predicted octanol–water partition coefficient (Wildman–Crippen LogP) is 4.12. The Labute approximate surface area is 184 Å². The number of rotatable bonds is 4. The molecule has 0 fully saturated rings. The SMILES string of the molecule is Cc1cccc(-n2c(=O)n(C)c3cnc4ccc(-c5ccc(NC=O)nc5)cc4c32)c1C. The minimum Gasteiger partial charge on any atom is -0.313 e. The average Bonchev–Trinajstić information content (AvgIpc) is 3.06. The summed E-state index contributed by atoms with van der Waals surface area (Å²) >= 11 is 0. The molecule has 0 atom stereocenters.